The van der Waals surface area contributed by atoms with E-state index in [0.717, 1.165) is 5.56 Å². The number of benzene rings is 1. The molecule has 5 heteroatoms. The number of hydroxylamine groups is 1. The molecule has 0 saturated heterocycles. The van der Waals surface area contributed by atoms with Crippen molar-refractivity contribution < 1.29 is 14.7 Å². The first-order valence-electron chi connectivity index (χ1n) is 4.51. The smallest absolute Gasteiger partial charge is 0.271 e. The molecule has 0 aliphatic carbocycles. The third-order valence-corrected chi connectivity index (χ3v) is 2.08. The Kier molecular flexibility index (Phi) is 2.64. The first-order valence-corrected chi connectivity index (χ1v) is 4.51. The first-order chi connectivity index (χ1) is 7.31. The zero-order chi connectivity index (χ0) is 10.7. The molecular weight excluding hydrogens is 196 g/mol. The van der Waals surface area contributed by atoms with Gasteiger partial charge in [-0.2, -0.15) is 0 Å². The molecule has 1 aliphatic rings. The molecule has 1 aromatic carbocycles. The molecule has 0 saturated carbocycles. The van der Waals surface area contributed by atoms with E-state index in [1.165, 1.54) is 0 Å². The van der Waals surface area contributed by atoms with Crippen molar-refractivity contribution >= 4 is 11.8 Å². The molecule has 1 amide bonds. The Morgan fingerprint density at radius 3 is 2.87 bits per heavy atom. The van der Waals surface area contributed by atoms with Crippen molar-refractivity contribution in [3.8, 4) is 0 Å². The summed E-state index contributed by atoms with van der Waals surface area (Å²) in [7, 11) is 0. The van der Waals surface area contributed by atoms with Gasteiger partial charge in [-0.15, -0.1) is 0 Å². The first kappa shape index (κ1) is 9.67. The zero-order valence-corrected chi connectivity index (χ0v) is 7.88. The molecule has 0 radical (unpaired) electrons. The van der Waals surface area contributed by atoms with Gasteiger partial charge in [0.2, 0.25) is 5.90 Å². The summed E-state index contributed by atoms with van der Waals surface area (Å²) in [6.45, 7) is 0.163. The number of aliphatic imine (C=N–C) groups is 1. The fraction of sp³-hybridized carbons (Fsp3) is 0.200. The zero-order valence-electron chi connectivity index (χ0n) is 7.88. The molecule has 0 aromatic heterocycles. The molecule has 0 bridgehead atoms. The van der Waals surface area contributed by atoms with Gasteiger partial charge in [0.05, 0.1) is 0 Å². The summed E-state index contributed by atoms with van der Waals surface area (Å²) in [5, 5.41) is 8.43. The number of ether oxygens (including phenoxy) is 1. The van der Waals surface area contributed by atoms with Crippen LogP contribution >= 0.6 is 0 Å². The van der Waals surface area contributed by atoms with Crippen molar-refractivity contribution in [1.29, 1.82) is 0 Å². The second kappa shape index (κ2) is 4.10. The summed E-state index contributed by atoms with van der Waals surface area (Å²) in [6.07, 6.45) is 0. The Balaban J connectivity index is 2.17. The van der Waals surface area contributed by atoms with Crippen LogP contribution in [0.25, 0.3) is 0 Å². The molecule has 2 N–H and O–H groups in total. The van der Waals surface area contributed by atoms with Gasteiger partial charge < -0.3 is 4.74 Å². The van der Waals surface area contributed by atoms with Crippen LogP contribution in [0.2, 0.25) is 0 Å². The van der Waals surface area contributed by atoms with Crippen LogP contribution in [0.5, 0.6) is 0 Å². The largest absolute Gasteiger partial charge is 0.475 e. The van der Waals surface area contributed by atoms with Crippen molar-refractivity contribution in [3.63, 3.8) is 0 Å². The summed E-state index contributed by atoms with van der Waals surface area (Å²) < 4.78 is 5.25. The maximum atomic E-state index is 11.0. The van der Waals surface area contributed by atoms with Crippen molar-refractivity contribution in [3.05, 3.63) is 35.9 Å². The van der Waals surface area contributed by atoms with E-state index in [0.29, 0.717) is 5.90 Å². The van der Waals surface area contributed by atoms with Gasteiger partial charge in [0.15, 0.2) is 6.04 Å². The van der Waals surface area contributed by atoms with E-state index in [4.69, 9.17) is 9.94 Å². The number of carbonyl (C=O) groups excluding carboxylic acids is 1. The van der Waals surface area contributed by atoms with E-state index in [1.54, 1.807) is 5.48 Å². The Labute approximate surface area is 86.4 Å². The molecule has 78 valence electrons. The fourth-order valence-corrected chi connectivity index (χ4v) is 1.32. The summed E-state index contributed by atoms with van der Waals surface area (Å²) >= 11 is 0. The molecule has 0 unspecified atom stereocenters. The van der Waals surface area contributed by atoms with Gasteiger partial charge in [0, 0.05) is 5.56 Å². The standard InChI is InChI=1S/C10H10N2O3/c13-9(12-14)8-6-15-10(11-8)7-4-2-1-3-5-7/h1-5,8,14H,6H2,(H,12,13)/t8-/m1/s1. The third-order valence-electron chi connectivity index (χ3n) is 2.08. The Bertz CT molecular complexity index is 389. The van der Waals surface area contributed by atoms with Gasteiger partial charge in [0.1, 0.15) is 6.61 Å². The van der Waals surface area contributed by atoms with Crippen LogP contribution in [0.4, 0.5) is 0 Å². The highest BCUT2D eigenvalue weighted by Gasteiger charge is 2.25. The van der Waals surface area contributed by atoms with Crippen LogP contribution in [0.3, 0.4) is 0 Å². The topological polar surface area (TPSA) is 70.9 Å². The van der Waals surface area contributed by atoms with Gasteiger partial charge in [-0.25, -0.2) is 10.5 Å². The van der Waals surface area contributed by atoms with E-state index in [9.17, 15) is 4.79 Å². The van der Waals surface area contributed by atoms with E-state index in [2.05, 4.69) is 4.99 Å². The number of hydrogen-bond donors (Lipinski definition) is 2. The normalized spacial score (nSPS) is 19.3. The summed E-state index contributed by atoms with van der Waals surface area (Å²) in [5.41, 5.74) is 2.38. The third kappa shape index (κ3) is 1.97. The molecule has 5 nitrogen and oxygen atoms in total. The second-order valence-electron chi connectivity index (χ2n) is 3.10. The van der Waals surface area contributed by atoms with Crippen LogP contribution in [-0.2, 0) is 9.53 Å². The minimum atomic E-state index is -0.662. The molecule has 1 aliphatic heterocycles. The van der Waals surface area contributed by atoms with Gasteiger partial charge in [0.25, 0.3) is 5.91 Å². The summed E-state index contributed by atoms with van der Waals surface area (Å²) in [4.78, 5) is 15.1. The summed E-state index contributed by atoms with van der Waals surface area (Å²) in [6, 6.07) is 8.64. The average Bonchev–Trinajstić information content (AvgIpc) is 2.78. The Hall–Kier alpha value is -1.88. The molecule has 2 rings (SSSR count). The molecule has 0 fully saturated rings. The SMILES string of the molecule is O=C(NO)[C@H]1COC(c2ccccc2)=N1. The number of rotatable bonds is 2. The highest BCUT2D eigenvalue weighted by Crippen LogP contribution is 2.11. The highest BCUT2D eigenvalue weighted by atomic mass is 16.5. The van der Waals surface area contributed by atoms with Crippen molar-refractivity contribution in [2.45, 2.75) is 6.04 Å². The molecule has 0 spiro atoms. The number of hydrogen-bond acceptors (Lipinski definition) is 4. The van der Waals surface area contributed by atoms with Crippen molar-refractivity contribution in [2.75, 3.05) is 6.61 Å². The fourth-order valence-electron chi connectivity index (χ4n) is 1.32. The van der Waals surface area contributed by atoms with E-state index in [1.807, 2.05) is 30.3 Å². The maximum absolute atomic E-state index is 11.0. The van der Waals surface area contributed by atoms with Crippen LogP contribution in [0.15, 0.2) is 35.3 Å². The van der Waals surface area contributed by atoms with E-state index in [-0.39, 0.29) is 6.61 Å². The lowest BCUT2D eigenvalue weighted by Gasteiger charge is -2.00. The van der Waals surface area contributed by atoms with Crippen molar-refractivity contribution in [1.82, 2.24) is 5.48 Å². The Morgan fingerprint density at radius 1 is 1.47 bits per heavy atom. The highest BCUT2D eigenvalue weighted by molar-refractivity contribution is 5.98. The van der Waals surface area contributed by atoms with Gasteiger partial charge in [-0.05, 0) is 12.1 Å². The molecule has 15 heavy (non-hydrogen) atoms. The molecular formula is C10H10N2O3. The predicted octanol–water partition coefficient (Wildman–Crippen LogP) is 0.337. The van der Waals surface area contributed by atoms with Gasteiger partial charge in [-0.1, -0.05) is 18.2 Å². The van der Waals surface area contributed by atoms with E-state index < -0.39 is 11.9 Å². The summed E-state index contributed by atoms with van der Waals surface area (Å²) in [5.74, 6) is -0.120. The molecule has 1 aromatic rings. The number of nitrogens with one attached hydrogen (secondary N) is 1. The van der Waals surface area contributed by atoms with Gasteiger partial charge in [-0.3, -0.25) is 10.0 Å². The van der Waals surface area contributed by atoms with Crippen LogP contribution in [0, 0.1) is 0 Å². The van der Waals surface area contributed by atoms with Gasteiger partial charge >= 0.3 is 0 Å². The van der Waals surface area contributed by atoms with Crippen LogP contribution in [-0.4, -0.2) is 29.7 Å². The quantitative estimate of drug-likeness (QED) is 0.541. The monoisotopic (exact) mass is 206 g/mol. The lowest BCUT2D eigenvalue weighted by atomic mass is 10.2. The Morgan fingerprint density at radius 2 is 2.20 bits per heavy atom. The van der Waals surface area contributed by atoms with E-state index >= 15 is 0 Å². The lowest BCUT2D eigenvalue weighted by Crippen LogP contribution is -2.31. The number of carbonyl (C=O) groups is 1. The van der Waals surface area contributed by atoms with Crippen molar-refractivity contribution in [2.24, 2.45) is 4.99 Å². The number of amides is 1. The number of nitrogens with zero attached hydrogens (tertiary/aromatic N) is 1. The average molecular weight is 206 g/mol. The minimum absolute atomic E-state index is 0.163. The lowest BCUT2D eigenvalue weighted by molar-refractivity contribution is -0.130. The molecule has 1 atom stereocenters. The molecule has 1 heterocycles. The maximum Gasteiger partial charge on any atom is 0.271 e. The minimum Gasteiger partial charge on any atom is -0.475 e. The van der Waals surface area contributed by atoms with Crippen LogP contribution < -0.4 is 5.48 Å². The predicted molar refractivity (Wildman–Crippen MR) is 52.6 cm³/mol. The van der Waals surface area contributed by atoms with Crippen LogP contribution in [0.1, 0.15) is 5.56 Å². The second-order valence-corrected chi connectivity index (χ2v) is 3.10.